The van der Waals surface area contributed by atoms with Crippen molar-refractivity contribution in [1.82, 2.24) is 0 Å². The van der Waals surface area contributed by atoms with Crippen molar-refractivity contribution in [2.24, 2.45) is 21.8 Å². The van der Waals surface area contributed by atoms with Crippen LogP contribution >= 0.6 is 0 Å². The summed E-state index contributed by atoms with van der Waals surface area (Å²) in [5, 5.41) is 0. The zero-order chi connectivity index (χ0) is 9.38. The number of rotatable bonds is 0. The maximum atomic E-state index is 4.81. The maximum absolute atomic E-state index is 4.81. The lowest BCUT2D eigenvalue weighted by atomic mass is 9.79. The average Bonchev–Trinajstić information content (AvgIpc) is 2.42. The van der Waals surface area contributed by atoms with Gasteiger partial charge in [-0.05, 0) is 37.8 Å². The van der Waals surface area contributed by atoms with Gasteiger partial charge in [0.25, 0.3) is 0 Å². The van der Waals surface area contributed by atoms with Gasteiger partial charge in [0, 0.05) is 11.6 Å². The molecule has 0 aromatic rings. The van der Waals surface area contributed by atoms with E-state index in [-0.39, 0.29) is 0 Å². The van der Waals surface area contributed by atoms with Gasteiger partial charge in [-0.25, -0.2) is 0 Å². The third kappa shape index (κ3) is 1.24. The van der Waals surface area contributed by atoms with Crippen molar-refractivity contribution in [1.29, 1.82) is 0 Å². The first-order chi connectivity index (χ1) is 6.95. The minimum absolute atomic E-state index is 0.497. The highest BCUT2D eigenvalue weighted by Crippen LogP contribution is 2.38. The monoisotopic (exact) mass is 188 g/mol. The SMILES string of the molecule is C1=CC2N=C3CN=CCCC3C2CC1. The van der Waals surface area contributed by atoms with E-state index in [2.05, 4.69) is 23.4 Å². The van der Waals surface area contributed by atoms with Crippen LogP contribution in [0.3, 0.4) is 0 Å². The molecule has 0 fully saturated rings. The molecule has 0 spiro atoms. The van der Waals surface area contributed by atoms with Crippen molar-refractivity contribution in [2.45, 2.75) is 31.7 Å². The Balaban J connectivity index is 1.89. The molecule has 2 heteroatoms. The molecule has 2 heterocycles. The highest BCUT2D eigenvalue weighted by molar-refractivity contribution is 5.92. The Kier molecular flexibility index (Phi) is 2.00. The number of aliphatic imine (C=N–C) groups is 2. The molecule has 74 valence electrons. The number of fused-ring (bicyclic) bond motifs is 3. The predicted octanol–water partition coefficient (Wildman–Crippen LogP) is 2.26. The van der Waals surface area contributed by atoms with Gasteiger partial charge in [0.1, 0.15) is 0 Å². The molecule has 2 aliphatic heterocycles. The lowest BCUT2D eigenvalue weighted by Gasteiger charge is -2.24. The largest absolute Gasteiger partial charge is 0.292 e. The fraction of sp³-hybridized carbons (Fsp3) is 0.667. The fourth-order valence-electron chi connectivity index (χ4n) is 2.99. The molecule has 0 bridgehead atoms. The number of hydrogen-bond acceptors (Lipinski definition) is 2. The van der Waals surface area contributed by atoms with Gasteiger partial charge < -0.3 is 0 Å². The minimum atomic E-state index is 0.497. The summed E-state index contributed by atoms with van der Waals surface area (Å²) in [5.74, 6) is 1.55. The van der Waals surface area contributed by atoms with Crippen molar-refractivity contribution in [3.63, 3.8) is 0 Å². The Bertz CT molecular complexity index is 314. The van der Waals surface area contributed by atoms with Crippen LogP contribution in [0.1, 0.15) is 25.7 Å². The molecular weight excluding hydrogens is 172 g/mol. The Morgan fingerprint density at radius 3 is 3.21 bits per heavy atom. The van der Waals surface area contributed by atoms with Crippen LogP contribution < -0.4 is 0 Å². The standard InChI is InChI=1S/C12H16N2/c1-2-6-11-9(4-1)10-5-3-7-13-8-12(10)14-11/h2,6-7,9-11H,1,3-5,8H2. The third-order valence-electron chi connectivity index (χ3n) is 3.69. The molecule has 3 aliphatic rings. The van der Waals surface area contributed by atoms with Crippen LogP contribution in [0.5, 0.6) is 0 Å². The van der Waals surface area contributed by atoms with E-state index in [1.807, 2.05) is 0 Å². The maximum Gasteiger partial charge on any atom is 0.0767 e. The van der Waals surface area contributed by atoms with Gasteiger partial charge in [0.05, 0.1) is 12.6 Å². The van der Waals surface area contributed by atoms with Crippen LogP contribution in [-0.4, -0.2) is 24.5 Å². The van der Waals surface area contributed by atoms with Crippen LogP contribution in [0, 0.1) is 11.8 Å². The highest BCUT2D eigenvalue weighted by atomic mass is 14.9. The van der Waals surface area contributed by atoms with Gasteiger partial charge in [-0.15, -0.1) is 0 Å². The van der Waals surface area contributed by atoms with Crippen molar-refractivity contribution in [2.75, 3.05) is 6.54 Å². The van der Waals surface area contributed by atoms with E-state index in [0.717, 1.165) is 24.8 Å². The topological polar surface area (TPSA) is 24.7 Å². The van der Waals surface area contributed by atoms with E-state index < -0.39 is 0 Å². The molecule has 0 radical (unpaired) electrons. The summed E-state index contributed by atoms with van der Waals surface area (Å²) in [6, 6.07) is 0.497. The summed E-state index contributed by atoms with van der Waals surface area (Å²) in [7, 11) is 0. The molecule has 0 amide bonds. The first-order valence-corrected chi connectivity index (χ1v) is 5.66. The molecule has 1 aliphatic carbocycles. The van der Waals surface area contributed by atoms with E-state index >= 15 is 0 Å². The van der Waals surface area contributed by atoms with Gasteiger partial charge in [-0.3, -0.25) is 9.98 Å². The van der Waals surface area contributed by atoms with Gasteiger partial charge in [-0.2, -0.15) is 0 Å². The van der Waals surface area contributed by atoms with Crippen LogP contribution in [0.4, 0.5) is 0 Å². The van der Waals surface area contributed by atoms with Gasteiger partial charge >= 0.3 is 0 Å². The second-order valence-electron chi connectivity index (χ2n) is 4.49. The molecule has 0 N–H and O–H groups in total. The Hall–Kier alpha value is -0.920. The van der Waals surface area contributed by atoms with E-state index in [1.165, 1.54) is 25.0 Å². The van der Waals surface area contributed by atoms with Crippen LogP contribution in [0.25, 0.3) is 0 Å². The lowest BCUT2D eigenvalue weighted by Crippen LogP contribution is -2.24. The van der Waals surface area contributed by atoms with Crippen molar-refractivity contribution >= 4 is 11.9 Å². The van der Waals surface area contributed by atoms with E-state index in [4.69, 9.17) is 4.99 Å². The number of nitrogens with zero attached hydrogens (tertiary/aromatic N) is 2. The summed E-state index contributed by atoms with van der Waals surface area (Å²) < 4.78 is 0. The molecule has 2 nitrogen and oxygen atoms in total. The predicted molar refractivity (Wildman–Crippen MR) is 59.2 cm³/mol. The van der Waals surface area contributed by atoms with Gasteiger partial charge in [-0.1, -0.05) is 12.2 Å². The second kappa shape index (κ2) is 3.34. The third-order valence-corrected chi connectivity index (χ3v) is 3.69. The zero-order valence-corrected chi connectivity index (χ0v) is 8.39. The smallest absolute Gasteiger partial charge is 0.0767 e. The van der Waals surface area contributed by atoms with Crippen LogP contribution in [0.2, 0.25) is 0 Å². The highest BCUT2D eigenvalue weighted by Gasteiger charge is 2.37. The summed E-state index contributed by atoms with van der Waals surface area (Å²) in [4.78, 5) is 9.20. The van der Waals surface area contributed by atoms with Gasteiger partial charge in [0.2, 0.25) is 0 Å². The summed E-state index contributed by atoms with van der Waals surface area (Å²) in [5.41, 5.74) is 1.38. The summed E-state index contributed by atoms with van der Waals surface area (Å²) in [6.45, 7) is 0.867. The molecule has 3 rings (SSSR count). The zero-order valence-electron chi connectivity index (χ0n) is 8.39. The molecule has 14 heavy (non-hydrogen) atoms. The first-order valence-electron chi connectivity index (χ1n) is 5.66. The molecule has 0 aromatic heterocycles. The quantitative estimate of drug-likeness (QED) is 0.521. The molecule has 3 unspecified atom stereocenters. The Labute approximate surface area is 84.8 Å². The second-order valence-corrected chi connectivity index (χ2v) is 4.49. The average molecular weight is 188 g/mol. The Morgan fingerprint density at radius 1 is 1.21 bits per heavy atom. The normalized spacial score (nSPS) is 40.0. The van der Waals surface area contributed by atoms with Gasteiger partial charge in [0.15, 0.2) is 0 Å². The number of allylic oxidation sites excluding steroid dienone is 1. The molecule has 0 aromatic carbocycles. The van der Waals surface area contributed by atoms with Crippen molar-refractivity contribution in [3.05, 3.63) is 12.2 Å². The van der Waals surface area contributed by atoms with E-state index in [0.29, 0.717) is 6.04 Å². The lowest BCUT2D eigenvalue weighted by molar-refractivity contribution is 0.365. The minimum Gasteiger partial charge on any atom is -0.292 e. The fourth-order valence-corrected chi connectivity index (χ4v) is 2.99. The van der Waals surface area contributed by atoms with Crippen LogP contribution in [-0.2, 0) is 0 Å². The molecule has 3 atom stereocenters. The summed E-state index contributed by atoms with van der Waals surface area (Å²) >= 11 is 0. The van der Waals surface area contributed by atoms with E-state index in [1.54, 1.807) is 0 Å². The first kappa shape index (κ1) is 8.39. The van der Waals surface area contributed by atoms with E-state index in [9.17, 15) is 0 Å². The number of hydrogen-bond donors (Lipinski definition) is 0. The molecule has 0 saturated carbocycles. The summed E-state index contributed by atoms with van der Waals surface area (Å²) in [6.07, 6.45) is 11.7. The van der Waals surface area contributed by atoms with Crippen molar-refractivity contribution in [3.8, 4) is 0 Å². The molecular formula is C12H16N2. The molecule has 0 saturated heterocycles. The van der Waals surface area contributed by atoms with Crippen molar-refractivity contribution < 1.29 is 0 Å². The Morgan fingerprint density at radius 2 is 2.21 bits per heavy atom. The van der Waals surface area contributed by atoms with Crippen LogP contribution in [0.15, 0.2) is 22.1 Å².